The second-order valence-electron chi connectivity index (χ2n) is 5.87. The number of likely N-dealkylation sites (N-methyl/N-ethyl adjacent to an activating group) is 1. The van der Waals surface area contributed by atoms with Gasteiger partial charge in [-0.15, -0.1) is 0 Å². The van der Waals surface area contributed by atoms with Gasteiger partial charge in [0.05, 0.1) is 6.54 Å². The summed E-state index contributed by atoms with van der Waals surface area (Å²) in [7, 11) is 1.69. The van der Waals surface area contributed by atoms with Crippen molar-refractivity contribution in [2.45, 2.75) is 57.5 Å². The van der Waals surface area contributed by atoms with E-state index in [2.05, 4.69) is 6.08 Å². The normalized spacial score (nSPS) is 20.4. The summed E-state index contributed by atoms with van der Waals surface area (Å²) in [5, 5.41) is 9.00. The summed E-state index contributed by atoms with van der Waals surface area (Å²) in [4.78, 5) is 27.0. The van der Waals surface area contributed by atoms with Crippen molar-refractivity contribution < 1.29 is 14.7 Å². The van der Waals surface area contributed by atoms with E-state index in [1.165, 1.54) is 6.42 Å². The Balaban J connectivity index is 2.00. The van der Waals surface area contributed by atoms with Gasteiger partial charge < -0.3 is 10.0 Å². The molecule has 0 bridgehead atoms. The van der Waals surface area contributed by atoms with Crippen molar-refractivity contribution in [3.63, 3.8) is 0 Å². The molecule has 0 aromatic carbocycles. The number of carboxylic acids is 1. The van der Waals surface area contributed by atoms with E-state index in [9.17, 15) is 9.59 Å². The zero-order valence-electron chi connectivity index (χ0n) is 12.3. The van der Waals surface area contributed by atoms with E-state index in [4.69, 9.17) is 5.11 Å². The van der Waals surface area contributed by atoms with Crippen molar-refractivity contribution in [3.05, 3.63) is 11.8 Å². The van der Waals surface area contributed by atoms with E-state index in [1.54, 1.807) is 18.9 Å². The molecule has 2 aliphatic carbocycles. The summed E-state index contributed by atoms with van der Waals surface area (Å²) in [5.41, 5.74) is 1.15. The molecule has 1 saturated carbocycles. The maximum Gasteiger partial charge on any atom is 0.320 e. The van der Waals surface area contributed by atoms with Crippen molar-refractivity contribution in [3.8, 4) is 0 Å². The highest BCUT2D eigenvalue weighted by Gasteiger charge is 2.35. The van der Waals surface area contributed by atoms with Crippen LogP contribution >= 0.6 is 0 Å². The first-order valence-corrected chi connectivity index (χ1v) is 7.45. The first kappa shape index (κ1) is 15.0. The monoisotopic (exact) mass is 280 g/mol. The van der Waals surface area contributed by atoms with Crippen molar-refractivity contribution in [1.82, 2.24) is 9.80 Å². The number of carbonyl (C=O) groups excluding carboxylic acids is 1. The van der Waals surface area contributed by atoms with Crippen LogP contribution in [0.4, 0.5) is 0 Å². The Hall–Kier alpha value is -1.36. The minimum Gasteiger partial charge on any atom is -0.480 e. The molecule has 0 heterocycles. The molecule has 0 aromatic heterocycles. The number of amides is 1. The Morgan fingerprint density at radius 1 is 1.40 bits per heavy atom. The van der Waals surface area contributed by atoms with E-state index in [0.29, 0.717) is 6.04 Å². The summed E-state index contributed by atoms with van der Waals surface area (Å²) in [6, 6.07) is -0.291. The van der Waals surface area contributed by atoms with E-state index >= 15 is 0 Å². The molecule has 5 nitrogen and oxygen atoms in total. The fourth-order valence-corrected chi connectivity index (χ4v) is 2.59. The van der Waals surface area contributed by atoms with Crippen molar-refractivity contribution in [1.29, 1.82) is 0 Å². The van der Waals surface area contributed by atoms with Gasteiger partial charge in [-0.25, -0.2) is 0 Å². The summed E-state index contributed by atoms with van der Waals surface area (Å²) < 4.78 is 0. The minimum absolute atomic E-state index is 0.0382. The van der Waals surface area contributed by atoms with E-state index in [0.717, 1.165) is 37.8 Å². The van der Waals surface area contributed by atoms with Crippen LogP contribution in [0.25, 0.3) is 0 Å². The van der Waals surface area contributed by atoms with Crippen LogP contribution in [-0.2, 0) is 9.59 Å². The van der Waals surface area contributed by atoms with Crippen LogP contribution in [0.15, 0.2) is 11.8 Å². The second-order valence-corrected chi connectivity index (χ2v) is 5.87. The zero-order chi connectivity index (χ0) is 14.7. The van der Waals surface area contributed by atoms with Crippen LogP contribution in [0.2, 0.25) is 0 Å². The molecule has 1 amide bonds. The highest BCUT2D eigenvalue weighted by molar-refractivity contribution is 5.82. The van der Waals surface area contributed by atoms with Gasteiger partial charge in [0.2, 0.25) is 5.91 Å². The Morgan fingerprint density at radius 2 is 2.10 bits per heavy atom. The number of allylic oxidation sites excluding steroid dienone is 2. The van der Waals surface area contributed by atoms with E-state index < -0.39 is 12.0 Å². The number of carbonyl (C=O) groups is 2. The fourth-order valence-electron chi connectivity index (χ4n) is 2.59. The highest BCUT2D eigenvalue weighted by atomic mass is 16.4. The first-order chi connectivity index (χ1) is 9.50. The number of aliphatic carboxylic acids is 1. The minimum atomic E-state index is -0.893. The molecule has 2 rings (SSSR count). The summed E-state index contributed by atoms with van der Waals surface area (Å²) in [6.45, 7) is 1.78. The molecule has 2 aliphatic rings. The molecule has 0 aromatic rings. The number of carboxylic acid groups (broad SMARTS) is 1. The van der Waals surface area contributed by atoms with Crippen LogP contribution in [-0.4, -0.2) is 52.5 Å². The molecule has 0 spiro atoms. The second kappa shape index (κ2) is 6.39. The molecular weight excluding hydrogens is 256 g/mol. The van der Waals surface area contributed by atoms with Gasteiger partial charge in [-0.2, -0.15) is 0 Å². The van der Waals surface area contributed by atoms with Gasteiger partial charge in [0, 0.05) is 11.7 Å². The van der Waals surface area contributed by atoms with Gasteiger partial charge in [-0.3, -0.25) is 14.5 Å². The van der Waals surface area contributed by atoms with Gasteiger partial charge >= 0.3 is 5.97 Å². The van der Waals surface area contributed by atoms with Crippen LogP contribution in [0.5, 0.6) is 0 Å². The molecule has 1 N–H and O–H groups in total. The third-order valence-electron chi connectivity index (χ3n) is 4.16. The van der Waals surface area contributed by atoms with Crippen LogP contribution in [0.3, 0.4) is 0 Å². The Kier molecular flexibility index (Phi) is 4.81. The largest absolute Gasteiger partial charge is 0.480 e. The van der Waals surface area contributed by atoms with Gasteiger partial charge in [0.1, 0.15) is 6.04 Å². The third-order valence-corrected chi connectivity index (χ3v) is 4.16. The molecular formula is C15H24N2O3. The van der Waals surface area contributed by atoms with Crippen LogP contribution in [0.1, 0.15) is 45.4 Å². The molecule has 20 heavy (non-hydrogen) atoms. The number of rotatable bonds is 6. The van der Waals surface area contributed by atoms with Crippen LogP contribution in [0, 0.1) is 0 Å². The highest BCUT2D eigenvalue weighted by Crippen LogP contribution is 2.33. The van der Waals surface area contributed by atoms with Gasteiger partial charge in [0.25, 0.3) is 0 Å². The number of hydrogen-bond acceptors (Lipinski definition) is 3. The predicted molar refractivity (Wildman–Crippen MR) is 76.1 cm³/mol. The third kappa shape index (κ3) is 3.60. The lowest BCUT2D eigenvalue weighted by molar-refractivity contribution is -0.143. The predicted octanol–water partition coefficient (Wildman–Crippen LogP) is 1.84. The van der Waals surface area contributed by atoms with Crippen molar-refractivity contribution in [2.75, 3.05) is 13.6 Å². The summed E-state index contributed by atoms with van der Waals surface area (Å²) in [6.07, 6.45) is 8.69. The Labute approximate surface area is 120 Å². The molecule has 1 atom stereocenters. The Bertz CT molecular complexity index is 415. The first-order valence-electron chi connectivity index (χ1n) is 7.45. The summed E-state index contributed by atoms with van der Waals surface area (Å²) in [5.74, 6) is -0.855. The smallest absolute Gasteiger partial charge is 0.320 e. The zero-order valence-corrected chi connectivity index (χ0v) is 12.3. The number of nitrogens with zero attached hydrogens (tertiary/aromatic N) is 2. The fraction of sp³-hybridized carbons (Fsp3) is 0.733. The lowest BCUT2D eigenvalue weighted by Gasteiger charge is -2.30. The van der Waals surface area contributed by atoms with Gasteiger partial charge in [-0.05, 0) is 52.5 Å². The molecule has 0 aliphatic heterocycles. The standard InChI is InChI=1S/C15H24N2O3/c1-11(15(19)20)16(2)10-14(18)17(13-8-9-13)12-6-4-3-5-7-12/h6,11,13H,3-5,7-10H2,1-2H3,(H,19,20). The van der Waals surface area contributed by atoms with Gasteiger partial charge in [0.15, 0.2) is 0 Å². The molecule has 112 valence electrons. The quantitative estimate of drug-likeness (QED) is 0.806. The average molecular weight is 280 g/mol. The molecule has 1 unspecified atom stereocenters. The van der Waals surface area contributed by atoms with Crippen molar-refractivity contribution in [2.24, 2.45) is 0 Å². The summed E-state index contributed by atoms with van der Waals surface area (Å²) >= 11 is 0. The van der Waals surface area contributed by atoms with E-state index in [-0.39, 0.29) is 12.5 Å². The molecule has 1 fully saturated rings. The SMILES string of the molecule is CC(C(=O)O)N(C)CC(=O)N(C1=CCCCC1)C1CC1. The molecule has 5 heteroatoms. The Morgan fingerprint density at radius 3 is 2.60 bits per heavy atom. The topological polar surface area (TPSA) is 60.9 Å². The maximum atomic E-state index is 12.5. The van der Waals surface area contributed by atoms with Crippen LogP contribution < -0.4 is 0 Å². The lowest BCUT2D eigenvalue weighted by atomic mass is 10.0. The van der Waals surface area contributed by atoms with Crippen molar-refractivity contribution >= 4 is 11.9 Å². The number of hydrogen-bond donors (Lipinski definition) is 1. The lowest BCUT2D eigenvalue weighted by Crippen LogP contribution is -2.45. The van der Waals surface area contributed by atoms with Gasteiger partial charge in [-0.1, -0.05) is 6.08 Å². The molecule has 0 radical (unpaired) electrons. The van der Waals surface area contributed by atoms with E-state index in [1.807, 2.05) is 4.90 Å². The average Bonchev–Trinajstić information content (AvgIpc) is 3.23. The molecule has 0 saturated heterocycles. The maximum absolute atomic E-state index is 12.5.